The number of pyridine rings is 1. The molecular formula is C30H34FN5O2. The highest BCUT2D eigenvalue weighted by Gasteiger charge is 2.16. The zero-order valence-electron chi connectivity index (χ0n) is 22.2. The molecule has 38 heavy (non-hydrogen) atoms. The van der Waals surface area contributed by atoms with E-state index in [2.05, 4.69) is 59.4 Å². The maximum absolute atomic E-state index is 14.8. The molecule has 0 saturated carbocycles. The summed E-state index contributed by atoms with van der Waals surface area (Å²) in [6.45, 7) is 6.26. The second kappa shape index (κ2) is 11.2. The minimum absolute atomic E-state index is 0.0175. The number of aromatic nitrogens is 1. The number of piperazine rings is 1. The second-order valence-electron chi connectivity index (χ2n) is 9.75. The zero-order valence-corrected chi connectivity index (χ0v) is 22.2. The summed E-state index contributed by atoms with van der Waals surface area (Å²) >= 11 is 0. The van der Waals surface area contributed by atoms with Gasteiger partial charge in [0.1, 0.15) is 22.9 Å². The molecule has 0 bridgehead atoms. The molecule has 2 aliphatic heterocycles. The van der Waals surface area contributed by atoms with Crippen LogP contribution in [0.2, 0.25) is 0 Å². The van der Waals surface area contributed by atoms with Gasteiger partial charge in [0.2, 0.25) is 0 Å². The number of ether oxygens (including phenoxy) is 1. The van der Waals surface area contributed by atoms with Crippen LogP contribution < -0.4 is 31.2 Å². The van der Waals surface area contributed by atoms with E-state index in [4.69, 9.17) is 9.73 Å². The Bertz CT molecular complexity index is 1520. The molecule has 2 aliphatic rings. The number of rotatable bonds is 7. The van der Waals surface area contributed by atoms with Crippen molar-refractivity contribution in [2.24, 2.45) is 4.99 Å². The van der Waals surface area contributed by atoms with Gasteiger partial charge in [-0.15, -0.1) is 0 Å². The van der Waals surface area contributed by atoms with E-state index in [9.17, 15) is 9.18 Å². The van der Waals surface area contributed by atoms with E-state index in [0.717, 1.165) is 54.9 Å². The van der Waals surface area contributed by atoms with Gasteiger partial charge in [-0.1, -0.05) is 19.1 Å². The third kappa shape index (κ3) is 5.36. The van der Waals surface area contributed by atoms with Gasteiger partial charge in [-0.3, -0.25) is 9.36 Å². The van der Waals surface area contributed by atoms with Crippen molar-refractivity contribution in [1.82, 2.24) is 9.47 Å². The average molecular weight is 516 g/mol. The first-order valence-corrected chi connectivity index (χ1v) is 13.1. The fraction of sp³-hybridized carbons (Fsp3) is 0.333. The van der Waals surface area contributed by atoms with Crippen LogP contribution in [0.15, 0.2) is 75.8 Å². The molecule has 198 valence electrons. The van der Waals surface area contributed by atoms with E-state index in [1.54, 1.807) is 18.2 Å². The summed E-state index contributed by atoms with van der Waals surface area (Å²) in [6, 6.07) is 16.4. The number of hydrogen-bond donors (Lipinski definition) is 1. The Morgan fingerprint density at radius 2 is 1.79 bits per heavy atom. The lowest BCUT2D eigenvalue weighted by Gasteiger charge is -2.34. The van der Waals surface area contributed by atoms with Crippen molar-refractivity contribution in [2.45, 2.75) is 26.3 Å². The summed E-state index contributed by atoms with van der Waals surface area (Å²) < 4.78 is 21.7. The van der Waals surface area contributed by atoms with Crippen LogP contribution in [-0.2, 0) is 6.54 Å². The van der Waals surface area contributed by atoms with E-state index in [-0.39, 0.29) is 12.1 Å². The van der Waals surface area contributed by atoms with Gasteiger partial charge >= 0.3 is 0 Å². The predicted molar refractivity (Wildman–Crippen MR) is 150 cm³/mol. The molecule has 1 saturated heterocycles. The first-order valence-electron chi connectivity index (χ1n) is 13.1. The topological polar surface area (TPSA) is 62.1 Å². The van der Waals surface area contributed by atoms with Crippen LogP contribution in [0.25, 0.3) is 6.08 Å². The molecule has 2 aromatic carbocycles. The van der Waals surface area contributed by atoms with Crippen LogP contribution in [0.4, 0.5) is 15.8 Å². The second-order valence-corrected chi connectivity index (χ2v) is 9.75. The molecule has 0 atom stereocenters. The monoisotopic (exact) mass is 515 g/mol. The van der Waals surface area contributed by atoms with Gasteiger partial charge in [0.15, 0.2) is 0 Å². The largest absolute Gasteiger partial charge is 0.496 e. The highest BCUT2D eigenvalue weighted by molar-refractivity contribution is 5.58. The number of hydrogen-bond acceptors (Lipinski definition) is 6. The van der Waals surface area contributed by atoms with E-state index >= 15 is 0 Å². The normalized spacial score (nSPS) is 15.8. The van der Waals surface area contributed by atoms with Crippen molar-refractivity contribution in [3.8, 4) is 5.75 Å². The fourth-order valence-electron chi connectivity index (χ4n) is 4.96. The third-order valence-corrected chi connectivity index (χ3v) is 7.34. The van der Waals surface area contributed by atoms with Gasteiger partial charge in [0.05, 0.1) is 13.7 Å². The molecule has 3 aromatic rings. The Morgan fingerprint density at radius 3 is 2.50 bits per heavy atom. The first kappa shape index (κ1) is 25.7. The van der Waals surface area contributed by atoms with Crippen molar-refractivity contribution in [3.05, 3.63) is 98.4 Å². The smallest absolute Gasteiger partial charge is 0.252 e. The summed E-state index contributed by atoms with van der Waals surface area (Å²) in [7, 11) is 3.65. The van der Waals surface area contributed by atoms with Gasteiger partial charge in [0.25, 0.3) is 5.56 Å². The number of methoxy groups -OCH3 is 1. The highest BCUT2D eigenvalue weighted by atomic mass is 19.1. The lowest BCUT2D eigenvalue weighted by atomic mass is 10.1. The number of allylic oxidation sites excluding steroid dienone is 1. The Labute approximate surface area is 222 Å². The Morgan fingerprint density at radius 1 is 1.03 bits per heavy atom. The first-order chi connectivity index (χ1) is 18.5. The number of nitrogens with zero attached hydrogens (tertiary/aromatic N) is 4. The summed E-state index contributed by atoms with van der Waals surface area (Å²) in [5, 5.41) is 4.34. The predicted octanol–water partition coefficient (Wildman–Crippen LogP) is 3.33. The van der Waals surface area contributed by atoms with Crippen LogP contribution in [0.3, 0.4) is 0 Å². The van der Waals surface area contributed by atoms with E-state index < -0.39 is 5.82 Å². The maximum Gasteiger partial charge on any atom is 0.252 e. The lowest BCUT2D eigenvalue weighted by molar-refractivity contribution is 0.313. The van der Waals surface area contributed by atoms with Crippen LogP contribution in [0.5, 0.6) is 5.75 Å². The van der Waals surface area contributed by atoms with Gasteiger partial charge in [0, 0.05) is 54.4 Å². The van der Waals surface area contributed by atoms with E-state index in [1.807, 2.05) is 0 Å². The van der Waals surface area contributed by atoms with Crippen molar-refractivity contribution >= 4 is 17.5 Å². The molecule has 8 heteroatoms. The number of fused-ring (bicyclic) bond motifs is 1. The average Bonchev–Trinajstić information content (AvgIpc) is 3.11. The van der Waals surface area contributed by atoms with Crippen molar-refractivity contribution in [2.75, 3.05) is 50.6 Å². The van der Waals surface area contributed by atoms with Crippen molar-refractivity contribution in [1.29, 1.82) is 0 Å². The Hall–Kier alpha value is -3.91. The van der Waals surface area contributed by atoms with E-state index in [1.165, 1.54) is 29.5 Å². The van der Waals surface area contributed by atoms with Gasteiger partial charge < -0.3 is 19.9 Å². The molecule has 0 amide bonds. The minimum atomic E-state index is -0.421. The van der Waals surface area contributed by atoms with Crippen LogP contribution in [0, 0.1) is 5.82 Å². The fourth-order valence-corrected chi connectivity index (χ4v) is 4.96. The molecule has 0 unspecified atom stereocenters. The summed E-state index contributed by atoms with van der Waals surface area (Å²) in [6.07, 6.45) is 3.59. The van der Waals surface area contributed by atoms with Crippen molar-refractivity contribution < 1.29 is 9.13 Å². The quantitative estimate of drug-likeness (QED) is 0.523. The SMILES string of the molecule is CCC1=C(Nc2ccc(N3CCN(C)CC3)cc2)N=c2c(ccc(=O)n2Cc2c(F)cccc2OC)=CC1. The number of nitrogens with one attached hydrogen (secondary N) is 1. The molecule has 0 aliphatic carbocycles. The molecule has 1 N–H and O–H groups in total. The van der Waals surface area contributed by atoms with Gasteiger partial charge in [-0.2, -0.15) is 0 Å². The van der Waals surface area contributed by atoms with Crippen LogP contribution in [-0.4, -0.2) is 49.8 Å². The van der Waals surface area contributed by atoms with Gasteiger partial charge in [-0.25, -0.2) is 9.38 Å². The van der Waals surface area contributed by atoms with Crippen LogP contribution >= 0.6 is 0 Å². The number of halogens is 1. The number of likely N-dealkylation sites (N-methyl/N-ethyl adjacent to an activating group) is 1. The zero-order chi connectivity index (χ0) is 26.6. The summed E-state index contributed by atoms with van der Waals surface area (Å²) in [5.74, 6) is 0.695. The highest BCUT2D eigenvalue weighted by Crippen LogP contribution is 2.24. The molecular weight excluding hydrogens is 481 g/mol. The van der Waals surface area contributed by atoms with E-state index in [0.29, 0.717) is 23.2 Å². The molecule has 5 rings (SSSR count). The minimum Gasteiger partial charge on any atom is -0.496 e. The lowest BCUT2D eigenvalue weighted by Crippen LogP contribution is -2.44. The molecule has 1 aromatic heterocycles. The molecule has 3 heterocycles. The maximum atomic E-state index is 14.8. The summed E-state index contributed by atoms with van der Waals surface area (Å²) in [4.78, 5) is 22.7. The number of benzene rings is 2. The Kier molecular flexibility index (Phi) is 7.60. The number of anilines is 2. The summed E-state index contributed by atoms with van der Waals surface area (Å²) in [5.41, 5.74) is 3.84. The standard InChI is InChI=1S/C30H34FN5O2/c1-4-21-8-9-22-10-15-28(37)36(20-25-26(31)6-5-7-27(25)38-3)30(22)33-29(21)32-23-11-13-24(14-12-23)35-18-16-34(2)17-19-35/h5-7,9-15,32H,4,8,16-20H2,1-3H3. The van der Waals surface area contributed by atoms with Gasteiger partial charge in [-0.05, 0) is 67.9 Å². The third-order valence-electron chi connectivity index (χ3n) is 7.34. The Balaban J connectivity index is 1.50. The molecule has 7 nitrogen and oxygen atoms in total. The molecule has 0 spiro atoms. The van der Waals surface area contributed by atoms with Crippen LogP contribution in [0.1, 0.15) is 25.3 Å². The van der Waals surface area contributed by atoms with Crippen molar-refractivity contribution in [3.63, 3.8) is 0 Å². The molecule has 0 radical (unpaired) electrons. The molecule has 1 fully saturated rings.